The number of aromatic nitrogens is 3. The molecule has 0 aliphatic carbocycles. The van der Waals surface area contributed by atoms with Gasteiger partial charge in [0, 0.05) is 19.5 Å². The predicted molar refractivity (Wildman–Crippen MR) is 63.3 cm³/mol. The molecule has 0 aromatic carbocycles. The Bertz CT molecular complexity index is 332. The molecule has 1 aromatic heterocycles. The fourth-order valence-corrected chi connectivity index (χ4v) is 2.04. The summed E-state index contributed by atoms with van der Waals surface area (Å²) < 4.78 is 0. The highest BCUT2D eigenvalue weighted by Crippen LogP contribution is 2.09. The first kappa shape index (κ1) is 12.0. The number of carbonyl (C=O) groups excluding carboxylic acids is 1. The van der Waals surface area contributed by atoms with Gasteiger partial charge >= 0.3 is 0 Å². The molecule has 94 valence electrons. The van der Waals surface area contributed by atoms with E-state index in [9.17, 15) is 4.79 Å². The molecule has 1 aromatic rings. The van der Waals surface area contributed by atoms with Crippen molar-refractivity contribution < 1.29 is 4.79 Å². The van der Waals surface area contributed by atoms with Crippen LogP contribution in [0, 0.1) is 5.92 Å². The lowest BCUT2D eigenvalue weighted by atomic mass is 9.99. The summed E-state index contributed by atoms with van der Waals surface area (Å²) in [6.45, 7) is 2.55. The van der Waals surface area contributed by atoms with Crippen LogP contribution in [-0.2, 0) is 11.2 Å². The van der Waals surface area contributed by atoms with E-state index < -0.39 is 0 Å². The van der Waals surface area contributed by atoms with Crippen molar-refractivity contribution in [2.24, 2.45) is 5.92 Å². The van der Waals surface area contributed by atoms with E-state index in [0.29, 0.717) is 6.54 Å². The van der Waals surface area contributed by atoms with Crippen molar-refractivity contribution in [3.63, 3.8) is 0 Å². The highest BCUT2D eigenvalue weighted by Gasteiger charge is 2.19. The molecule has 6 heteroatoms. The van der Waals surface area contributed by atoms with E-state index in [-0.39, 0.29) is 11.8 Å². The molecule has 6 nitrogen and oxygen atoms in total. The summed E-state index contributed by atoms with van der Waals surface area (Å²) in [5.41, 5.74) is 0. The SMILES string of the molecule is O=C(NCCCc1ncn[nH]1)C1CCCNC1. The van der Waals surface area contributed by atoms with Gasteiger partial charge in [0.2, 0.25) is 5.91 Å². The van der Waals surface area contributed by atoms with Crippen molar-refractivity contribution in [2.75, 3.05) is 19.6 Å². The Hall–Kier alpha value is -1.43. The van der Waals surface area contributed by atoms with Gasteiger partial charge in [-0.25, -0.2) is 4.98 Å². The first-order chi connectivity index (χ1) is 8.36. The molecule has 1 unspecified atom stereocenters. The number of nitrogens with one attached hydrogen (secondary N) is 3. The van der Waals surface area contributed by atoms with E-state index >= 15 is 0 Å². The molecule has 0 bridgehead atoms. The van der Waals surface area contributed by atoms with Gasteiger partial charge in [-0.05, 0) is 25.8 Å². The topological polar surface area (TPSA) is 82.7 Å². The highest BCUT2D eigenvalue weighted by molar-refractivity contribution is 5.78. The summed E-state index contributed by atoms with van der Waals surface area (Å²) in [6, 6.07) is 0. The minimum absolute atomic E-state index is 0.147. The maximum atomic E-state index is 11.8. The van der Waals surface area contributed by atoms with E-state index in [2.05, 4.69) is 25.8 Å². The largest absolute Gasteiger partial charge is 0.356 e. The van der Waals surface area contributed by atoms with Crippen molar-refractivity contribution in [3.8, 4) is 0 Å². The molecule has 17 heavy (non-hydrogen) atoms. The number of amides is 1. The number of aryl methyl sites for hydroxylation is 1. The molecule has 1 amide bonds. The molecule has 0 spiro atoms. The van der Waals surface area contributed by atoms with E-state index in [4.69, 9.17) is 0 Å². The van der Waals surface area contributed by atoms with Crippen molar-refractivity contribution in [3.05, 3.63) is 12.2 Å². The van der Waals surface area contributed by atoms with Gasteiger partial charge in [0.25, 0.3) is 0 Å². The van der Waals surface area contributed by atoms with Gasteiger partial charge in [0.05, 0.1) is 5.92 Å². The summed E-state index contributed by atoms with van der Waals surface area (Å²) in [5.74, 6) is 1.20. The smallest absolute Gasteiger partial charge is 0.224 e. The second-order valence-corrected chi connectivity index (χ2v) is 4.37. The van der Waals surface area contributed by atoms with Crippen LogP contribution in [0.1, 0.15) is 25.1 Å². The summed E-state index contributed by atoms with van der Waals surface area (Å²) in [5, 5.41) is 12.8. The first-order valence-corrected chi connectivity index (χ1v) is 6.19. The predicted octanol–water partition coefficient (Wildman–Crippen LogP) is -0.147. The highest BCUT2D eigenvalue weighted by atomic mass is 16.1. The number of piperidine rings is 1. The summed E-state index contributed by atoms with van der Waals surface area (Å²) in [6.07, 6.45) is 5.31. The maximum absolute atomic E-state index is 11.8. The normalized spacial score (nSPS) is 20.1. The number of hydrogen-bond acceptors (Lipinski definition) is 4. The maximum Gasteiger partial charge on any atom is 0.224 e. The van der Waals surface area contributed by atoms with Gasteiger partial charge in [-0.15, -0.1) is 0 Å². The third-order valence-corrected chi connectivity index (χ3v) is 3.02. The lowest BCUT2D eigenvalue weighted by Gasteiger charge is -2.21. The second-order valence-electron chi connectivity index (χ2n) is 4.37. The molecule has 2 rings (SSSR count). The van der Waals surface area contributed by atoms with Gasteiger partial charge in [-0.3, -0.25) is 9.89 Å². The molecule has 1 fully saturated rings. The fraction of sp³-hybridized carbons (Fsp3) is 0.727. The number of rotatable bonds is 5. The Morgan fingerprint density at radius 3 is 3.24 bits per heavy atom. The summed E-state index contributed by atoms with van der Waals surface area (Å²) in [7, 11) is 0. The molecule has 2 heterocycles. The number of nitrogens with zero attached hydrogens (tertiary/aromatic N) is 2. The molecular formula is C11H19N5O. The van der Waals surface area contributed by atoms with Crippen LogP contribution >= 0.6 is 0 Å². The average molecular weight is 237 g/mol. The number of aromatic amines is 1. The minimum Gasteiger partial charge on any atom is -0.356 e. The molecular weight excluding hydrogens is 218 g/mol. The summed E-state index contributed by atoms with van der Waals surface area (Å²) in [4.78, 5) is 15.8. The molecule has 1 saturated heterocycles. The van der Waals surface area contributed by atoms with Crippen molar-refractivity contribution >= 4 is 5.91 Å². The Labute approximate surface area is 101 Å². The quantitative estimate of drug-likeness (QED) is 0.622. The minimum atomic E-state index is 0.147. The monoisotopic (exact) mass is 237 g/mol. The Morgan fingerprint density at radius 2 is 2.53 bits per heavy atom. The van der Waals surface area contributed by atoms with Crippen molar-refractivity contribution in [2.45, 2.75) is 25.7 Å². The standard InChI is InChI=1S/C11H19N5O/c17-11(9-3-1-5-12-7-9)13-6-2-4-10-14-8-15-16-10/h8-9,12H,1-7H2,(H,13,17)(H,14,15,16). The first-order valence-electron chi connectivity index (χ1n) is 6.19. The molecule has 0 saturated carbocycles. The van der Waals surface area contributed by atoms with Crippen LogP contribution in [0.5, 0.6) is 0 Å². The Kier molecular flexibility index (Phi) is 4.49. The molecule has 1 aliphatic rings. The fourth-order valence-electron chi connectivity index (χ4n) is 2.04. The zero-order valence-electron chi connectivity index (χ0n) is 9.91. The molecule has 3 N–H and O–H groups in total. The number of carbonyl (C=O) groups is 1. The van der Waals surface area contributed by atoms with Crippen LogP contribution < -0.4 is 10.6 Å². The third-order valence-electron chi connectivity index (χ3n) is 3.02. The van der Waals surface area contributed by atoms with Crippen LogP contribution in [0.15, 0.2) is 6.33 Å². The van der Waals surface area contributed by atoms with Gasteiger partial charge in [-0.1, -0.05) is 0 Å². The van der Waals surface area contributed by atoms with Gasteiger partial charge in [0.15, 0.2) is 0 Å². The lowest BCUT2D eigenvalue weighted by molar-refractivity contribution is -0.125. The van der Waals surface area contributed by atoms with Crippen LogP contribution in [0.3, 0.4) is 0 Å². The molecule has 0 radical (unpaired) electrons. The lowest BCUT2D eigenvalue weighted by Crippen LogP contribution is -2.40. The Balaban J connectivity index is 1.59. The second kappa shape index (κ2) is 6.34. The van der Waals surface area contributed by atoms with Gasteiger partial charge < -0.3 is 10.6 Å². The zero-order valence-corrected chi connectivity index (χ0v) is 9.91. The van der Waals surface area contributed by atoms with E-state index in [0.717, 1.165) is 44.6 Å². The number of hydrogen-bond donors (Lipinski definition) is 3. The van der Waals surface area contributed by atoms with Gasteiger partial charge in [-0.2, -0.15) is 5.10 Å². The van der Waals surface area contributed by atoms with E-state index in [1.165, 1.54) is 6.33 Å². The van der Waals surface area contributed by atoms with E-state index in [1.54, 1.807) is 0 Å². The van der Waals surface area contributed by atoms with Crippen molar-refractivity contribution in [1.82, 2.24) is 25.8 Å². The van der Waals surface area contributed by atoms with E-state index in [1.807, 2.05) is 0 Å². The summed E-state index contributed by atoms with van der Waals surface area (Å²) >= 11 is 0. The molecule has 1 atom stereocenters. The molecule has 1 aliphatic heterocycles. The third kappa shape index (κ3) is 3.81. The number of H-pyrrole nitrogens is 1. The van der Waals surface area contributed by atoms with Crippen LogP contribution in [0.2, 0.25) is 0 Å². The van der Waals surface area contributed by atoms with Crippen LogP contribution in [0.4, 0.5) is 0 Å². The Morgan fingerprint density at radius 1 is 1.59 bits per heavy atom. The van der Waals surface area contributed by atoms with Gasteiger partial charge in [0.1, 0.15) is 12.2 Å². The van der Waals surface area contributed by atoms with Crippen LogP contribution in [-0.4, -0.2) is 40.7 Å². The average Bonchev–Trinajstić information content (AvgIpc) is 2.88. The zero-order chi connectivity index (χ0) is 11.9. The van der Waals surface area contributed by atoms with Crippen molar-refractivity contribution in [1.29, 1.82) is 0 Å². The van der Waals surface area contributed by atoms with Crippen LogP contribution in [0.25, 0.3) is 0 Å².